The molecule has 136 valence electrons. The first-order valence-electron chi connectivity index (χ1n) is 9.22. The Morgan fingerprint density at radius 3 is 2.88 bits per heavy atom. The third-order valence-corrected chi connectivity index (χ3v) is 5.62. The lowest BCUT2D eigenvalue weighted by Gasteiger charge is -2.28. The smallest absolute Gasteiger partial charge is 0.216 e. The van der Waals surface area contributed by atoms with Gasteiger partial charge < -0.3 is 9.64 Å². The summed E-state index contributed by atoms with van der Waals surface area (Å²) in [7, 11) is 0. The number of pyridine rings is 1. The largest absolute Gasteiger partial charge is 0.477 e. The number of nitriles is 1. The highest BCUT2D eigenvalue weighted by Gasteiger charge is 2.43. The average Bonchev–Trinajstić information content (AvgIpc) is 3.22. The fourth-order valence-corrected chi connectivity index (χ4v) is 4.02. The first-order valence-corrected chi connectivity index (χ1v) is 9.22. The Labute approximate surface area is 152 Å². The van der Waals surface area contributed by atoms with Crippen molar-refractivity contribution in [2.24, 2.45) is 17.8 Å². The van der Waals surface area contributed by atoms with Gasteiger partial charge >= 0.3 is 0 Å². The Morgan fingerprint density at radius 2 is 2.19 bits per heavy atom. The maximum absolute atomic E-state index is 8.94. The Morgan fingerprint density at radius 1 is 1.35 bits per heavy atom. The van der Waals surface area contributed by atoms with Crippen molar-refractivity contribution in [3.63, 3.8) is 0 Å². The number of tetrazole rings is 1. The first-order chi connectivity index (χ1) is 12.7. The van der Waals surface area contributed by atoms with Crippen LogP contribution in [0.15, 0.2) is 18.6 Å². The van der Waals surface area contributed by atoms with E-state index in [0.29, 0.717) is 12.5 Å². The number of aromatic nitrogens is 5. The van der Waals surface area contributed by atoms with Crippen molar-refractivity contribution < 1.29 is 4.74 Å². The van der Waals surface area contributed by atoms with Crippen LogP contribution in [-0.2, 0) is 0 Å². The predicted octanol–water partition coefficient (Wildman–Crippen LogP) is 1.96. The molecule has 0 spiro atoms. The van der Waals surface area contributed by atoms with Gasteiger partial charge in [0.1, 0.15) is 6.33 Å². The molecule has 0 aromatic carbocycles. The molecule has 2 fully saturated rings. The molecule has 0 radical (unpaired) electrons. The van der Waals surface area contributed by atoms with Gasteiger partial charge in [-0.3, -0.25) is 0 Å². The molecule has 0 bridgehead atoms. The fraction of sp³-hybridized carbons (Fsp3) is 0.611. The second kappa shape index (κ2) is 7.28. The summed E-state index contributed by atoms with van der Waals surface area (Å²) in [4.78, 5) is 6.28. The fourth-order valence-electron chi connectivity index (χ4n) is 4.02. The Kier molecular flexibility index (Phi) is 4.69. The Hall–Kier alpha value is -2.69. The van der Waals surface area contributed by atoms with Crippen molar-refractivity contribution in [2.75, 3.05) is 19.7 Å². The highest BCUT2D eigenvalue weighted by molar-refractivity contribution is 5.36. The van der Waals surface area contributed by atoms with Crippen LogP contribution in [0.3, 0.4) is 0 Å². The minimum atomic E-state index is 0.682. The zero-order valence-electron chi connectivity index (χ0n) is 15.0. The van der Waals surface area contributed by atoms with E-state index < -0.39 is 0 Å². The van der Waals surface area contributed by atoms with Gasteiger partial charge in [-0.15, -0.1) is 5.10 Å². The van der Waals surface area contributed by atoms with Gasteiger partial charge in [0.15, 0.2) is 6.19 Å². The van der Waals surface area contributed by atoms with Gasteiger partial charge in [-0.05, 0) is 66.9 Å². The molecule has 1 saturated carbocycles. The zero-order chi connectivity index (χ0) is 17.9. The highest BCUT2D eigenvalue weighted by atomic mass is 16.5. The number of rotatable bonds is 6. The molecule has 0 amide bonds. The van der Waals surface area contributed by atoms with E-state index in [-0.39, 0.29) is 0 Å². The zero-order valence-corrected chi connectivity index (χ0v) is 15.0. The number of ether oxygens (including phenoxy) is 1. The summed E-state index contributed by atoms with van der Waals surface area (Å²) in [5, 5.41) is 20.1. The summed E-state index contributed by atoms with van der Waals surface area (Å²) in [6, 6.07) is 1.97. The molecule has 1 saturated heterocycles. The lowest BCUT2D eigenvalue weighted by atomic mass is 9.91. The van der Waals surface area contributed by atoms with Crippen molar-refractivity contribution in [3.05, 3.63) is 24.2 Å². The van der Waals surface area contributed by atoms with E-state index in [1.54, 1.807) is 17.2 Å². The van der Waals surface area contributed by atoms with Gasteiger partial charge in [-0.25, -0.2) is 4.98 Å². The summed E-state index contributed by atoms with van der Waals surface area (Å²) < 4.78 is 7.49. The van der Waals surface area contributed by atoms with E-state index >= 15 is 0 Å². The number of aryl methyl sites for hydroxylation is 1. The molecule has 2 aliphatic rings. The number of nitrogens with zero attached hydrogens (tertiary/aromatic N) is 7. The number of piperidine rings is 1. The molecule has 0 N–H and O–H groups in total. The van der Waals surface area contributed by atoms with Crippen molar-refractivity contribution in [1.82, 2.24) is 30.1 Å². The van der Waals surface area contributed by atoms with Crippen LogP contribution in [0.2, 0.25) is 0 Å². The van der Waals surface area contributed by atoms with E-state index in [9.17, 15) is 0 Å². The van der Waals surface area contributed by atoms with E-state index in [4.69, 9.17) is 10.00 Å². The molecule has 3 heterocycles. The SMILES string of the molecule is Cc1cc(-n2cnnn2)cnc1OCC[C@@H]1C[C@@H]1C1CCN(C#N)CC1. The summed E-state index contributed by atoms with van der Waals surface area (Å²) in [6.45, 7) is 4.55. The Balaban J connectivity index is 1.23. The molecule has 2 aromatic heterocycles. The molecular formula is C18H23N7O. The summed E-state index contributed by atoms with van der Waals surface area (Å²) in [5.41, 5.74) is 1.81. The van der Waals surface area contributed by atoms with Crippen LogP contribution in [0.1, 0.15) is 31.2 Å². The van der Waals surface area contributed by atoms with E-state index in [1.807, 2.05) is 17.9 Å². The summed E-state index contributed by atoms with van der Waals surface area (Å²) in [5.74, 6) is 3.08. The standard InChI is InChI=1S/C18H23N7O/c1-13-8-16(25-12-21-22-23-25)10-20-18(13)26-7-4-15-9-17(15)14-2-5-24(11-19)6-3-14/h8,10,12,14-15,17H,2-7,9H2,1H3/t15-,17-/m1/s1. The van der Waals surface area contributed by atoms with Crippen LogP contribution < -0.4 is 4.74 Å². The number of hydrogen-bond donors (Lipinski definition) is 0. The summed E-state index contributed by atoms with van der Waals surface area (Å²) >= 11 is 0. The quantitative estimate of drug-likeness (QED) is 0.733. The molecular weight excluding hydrogens is 330 g/mol. The van der Waals surface area contributed by atoms with Crippen LogP contribution in [-0.4, -0.2) is 49.8 Å². The summed E-state index contributed by atoms with van der Waals surface area (Å²) in [6.07, 6.45) is 10.2. The van der Waals surface area contributed by atoms with Crippen molar-refractivity contribution in [1.29, 1.82) is 5.26 Å². The highest BCUT2D eigenvalue weighted by Crippen LogP contribution is 2.49. The van der Waals surface area contributed by atoms with Crippen LogP contribution in [0.5, 0.6) is 5.88 Å². The molecule has 8 heteroatoms. The van der Waals surface area contributed by atoms with E-state index in [0.717, 1.165) is 61.4 Å². The molecule has 4 rings (SSSR count). The van der Waals surface area contributed by atoms with Gasteiger partial charge in [0.05, 0.1) is 18.5 Å². The molecule has 1 aliphatic heterocycles. The van der Waals surface area contributed by atoms with Crippen LogP contribution >= 0.6 is 0 Å². The number of hydrogen-bond acceptors (Lipinski definition) is 7. The van der Waals surface area contributed by atoms with Crippen molar-refractivity contribution in [2.45, 2.75) is 32.6 Å². The van der Waals surface area contributed by atoms with E-state index in [2.05, 4.69) is 26.7 Å². The molecule has 0 unspecified atom stereocenters. The van der Waals surface area contributed by atoms with Crippen LogP contribution in [0.4, 0.5) is 0 Å². The van der Waals surface area contributed by atoms with Crippen molar-refractivity contribution in [3.8, 4) is 17.8 Å². The molecule has 2 atom stereocenters. The minimum Gasteiger partial charge on any atom is -0.477 e. The topological polar surface area (TPSA) is 92.8 Å². The second-order valence-corrected chi connectivity index (χ2v) is 7.29. The van der Waals surface area contributed by atoms with E-state index in [1.165, 1.54) is 6.42 Å². The number of likely N-dealkylation sites (tertiary alicyclic amines) is 1. The van der Waals surface area contributed by atoms with Gasteiger partial charge in [-0.1, -0.05) is 0 Å². The second-order valence-electron chi connectivity index (χ2n) is 7.29. The van der Waals surface area contributed by atoms with Crippen LogP contribution in [0.25, 0.3) is 5.69 Å². The molecule has 1 aliphatic carbocycles. The molecule has 2 aromatic rings. The maximum atomic E-state index is 8.94. The molecule has 26 heavy (non-hydrogen) atoms. The van der Waals surface area contributed by atoms with Crippen LogP contribution in [0, 0.1) is 36.1 Å². The van der Waals surface area contributed by atoms with Crippen molar-refractivity contribution >= 4 is 0 Å². The minimum absolute atomic E-state index is 0.682. The van der Waals surface area contributed by atoms with Gasteiger partial charge in [0.25, 0.3) is 0 Å². The lowest BCUT2D eigenvalue weighted by Crippen LogP contribution is -2.30. The third kappa shape index (κ3) is 3.62. The first kappa shape index (κ1) is 16.8. The van der Waals surface area contributed by atoms with Gasteiger partial charge in [0.2, 0.25) is 5.88 Å². The monoisotopic (exact) mass is 353 g/mol. The third-order valence-electron chi connectivity index (χ3n) is 5.62. The maximum Gasteiger partial charge on any atom is 0.216 e. The average molecular weight is 353 g/mol. The lowest BCUT2D eigenvalue weighted by molar-refractivity contribution is 0.220. The molecule has 8 nitrogen and oxygen atoms in total. The normalized spacial score (nSPS) is 22.8. The predicted molar refractivity (Wildman–Crippen MR) is 93.3 cm³/mol. The van der Waals surface area contributed by atoms with Gasteiger partial charge in [-0.2, -0.15) is 9.94 Å². The van der Waals surface area contributed by atoms with Gasteiger partial charge in [0, 0.05) is 18.7 Å². The Bertz CT molecular complexity index is 777.